The minimum absolute atomic E-state index is 0.584. The Morgan fingerprint density at radius 1 is 1.25 bits per heavy atom. The van der Waals surface area contributed by atoms with Crippen LogP contribution in [0.15, 0.2) is 46.9 Å². The van der Waals surface area contributed by atoms with Crippen LogP contribution in [0.1, 0.15) is 30.6 Å². The third-order valence-corrected chi connectivity index (χ3v) is 3.55. The molecule has 1 atom stereocenters. The molecular formula is C16H16BrClO2. The van der Waals surface area contributed by atoms with E-state index < -0.39 is 6.10 Å². The number of aliphatic hydroxyl groups excluding tert-OH is 1. The summed E-state index contributed by atoms with van der Waals surface area (Å²) >= 11 is 9.42. The summed E-state index contributed by atoms with van der Waals surface area (Å²) in [6.07, 6.45) is 0.158. The van der Waals surface area contributed by atoms with E-state index in [9.17, 15) is 5.11 Å². The van der Waals surface area contributed by atoms with Gasteiger partial charge in [0.2, 0.25) is 0 Å². The molecule has 2 rings (SSSR count). The maximum absolute atomic E-state index is 10.6. The van der Waals surface area contributed by atoms with Gasteiger partial charge in [0.15, 0.2) is 0 Å². The van der Waals surface area contributed by atoms with E-state index in [1.807, 2.05) is 37.3 Å². The third-order valence-electron chi connectivity index (χ3n) is 2.88. The molecule has 0 spiro atoms. The molecule has 0 aliphatic heterocycles. The van der Waals surface area contributed by atoms with Gasteiger partial charge in [0.25, 0.3) is 0 Å². The minimum atomic E-state index is -0.766. The van der Waals surface area contributed by atoms with Gasteiger partial charge in [-0.3, -0.25) is 0 Å². The fourth-order valence-electron chi connectivity index (χ4n) is 1.96. The maximum Gasteiger partial charge on any atom is 0.125 e. The molecule has 106 valence electrons. The fourth-order valence-corrected chi connectivity index (χ4v) is 2.85. The predicted octanol–water partition coefficient (Wildman–Crippen LogP) is 4.97. The lowest BCUT2D eigenvalue weighted by Crippen LogP contribution is -2.05. The molecule has 2 aromatic carbocycles. The molecule has 1 unspecified atom stereocenters. The summed E-state index contributed by atoms with van der Waals surface area (Å²) in [5.41, 5.74) is 1.48. The second-order valence-electron chi connectivity index (χ2n) is 4.49. The van der Waals surface area contributed by atoms with E-state index in [-0.39, 0.29) is 0 Å². The van der Waals surface area contributed by atoms with E-state index in [0.717, 1.165) is 22.0 Å². The molecule has 2 nitrogen and oxygen atoms in total. The van der Waals surface area contributed by atoms with Crippen molar-refractivity contribution in [2.45, 2.75) is 19.4 Å². The summed E-state index contributed by atoms with van der Waals surface area (Å²) in [6.45, 7) is 2.68. The minimum Gasteiger partial charge on any atom is -0.493 e. The molecule has 0 aliphatic carbocycles. The van der Waals surface area contributed by atoms with Crippen LogP contribution in [0.4, 0.5) is 0 Å². The molecule has 0 saturated carbocycles. The molecule has 0 amide bonds. The number of ether oxygens (including phenoxy) is 1. The Morgan fingerprint density at radius 2 is 2.00 bits per heavy atom. The molecule has 20 heavy (non-hydrogen) atoms. The van der Waals surface area contributed by atoms with Crippen molar-refractivity contribution in [1.29, 1.82) is 0 Å². The standard InChI is InChI=1S/C16H16BrClO2/c1-2-7-20-15-6-4-3-5-14(15)16(19)11-8-12(17)10-13(18)9-11/h3-6,8-10,16,19H,2,7H2,1H3. The average molecular weight is 356 g/mol. The Hall–Kier alpha value is -1.03. The van der Waals surface area contributed by atoms with Crippen LogP contribution in [-0.2, 0) is 0 Å². The van der Waals surface area contributed by atoms with Crippen LogP contribution in [0.5, 0.6) is 5.75 Å². The number of para-hydroxylation sites is 1. The number of benzene rings is 2. The maximum atomic E-state index is 10.6. The van der Waals surface area contributed by atoms with Gasteiger partial charge < -0.3 is 9.84 Å². The van der Waals surface area contributed by atoms with Gasteiger partial charge in [-0.2, -0.15) is 0 Å². The van der Waals surface area contributed by atoms with E-state index in [1.54, 1.807) is 12.1 Å². The third kappa shape index (κ3) is 3.75. The van der Waals surface area contributed by atoms with Gasteiger partial charge in [0, 0.05) is 15.1 Å². The summed E-state index contributed by atoms with van der Waals surface area (Å²) in [6, 6.07) is 12.9. The summed E-state index contributed by atoms with van der Waals surface area (Å²) < 4.78 is 6.52. The second kappa shape index (κ2) is 7.11. The highest BCUT2D eigenvalue weighted by molar-refractivity contribution is 9.10. The number of hydrogen-bond acceptors (Lipinski definition) is 2. The Bertz CT molecular complexity index is 566. The van der Waals surface area contributed by atoms with Gasteiger partial charge in [-0.05, 0) is 36.2 Å². The highest BCUT2D eigenvalue weighted by Crippen LogP contribution is 2.32. The van der Waals surface area contributed by atoms with Gasteiger partial charge in [0.1, 0.15) is 11.9 Å². The van der Waals surface area contributed by atoms with Crippen molar-refractivity contribution in [2.75, 3.05) is 6.61 Å². The Kier molecular flexibility index (Phi) is 5.46. The van der Waals surface area contributed by atoms with Crippen LogP contribution in [0, 0.1) is 0 Å². The lowest BCUT2D eigenvalue weighted by Gasteiger charge is -2.17. The van der Waals surface area contributed by atoms with Gasteiger partial charge in [-0.25, -0.2) is 0 Å². The molecule has 2 aromatic rings. The largest absolute Gasteiger partial charge is 0.493 e. The van der Waals surface area contributed by atoms with E-state index in [1.165, 1.54) is 0 Å². The molecule has 0 saturated heterocycles. The van der Waals surface area contributed by atoms with Crippen LogP contribution in [0.2, 0.25) is 5.02 Å². The molecule has 0 aromatic heterocycles. The van der Waals surface area contributed by atoms with Crippen LogP contribution in [-0.4, -0.2) is 11.7 Å². The first-order chi connectivity index (χ1) is 9.61. The Balaban J connectivity index is 2.34. The smallest absolute Gasteiger partial charge is 0.125 e. The molecule has 0 radical (unpaired) electrons. The van der Waals surface area contributed by atoms with Crippen LogP contribution in [0.25, 0.3) is 0 Å². The summed E-state index contributed by atoms with van der Waals surface area (Å²) in [5.74, 6) is 0.706. The van der Waals surface area contributed by atoms with Gasteiger partial charge in [-0.1, -0.05) is 52.7 Å². The van der Waals surface area contributed by atoms with Crippen molar-refractivity contribution in [1.82, 2.24) is 0 Å². The number of hydrogen-bond donors (Lipinski definition) is 1. The molecule has 4 heteroatoms. The highest BCUT2D eigenvalue weighted by atomic mass is 79.9. The van der Waals surface area contributed by atoms with Crippen molar-refractivity contribution >= 4 is 27.5 Å². The summed E-state index contributed by atoms with van der Waals surface area (Å²) in [7, 11) is 0. The monoisotopic (exact) mass is 354 g/mol. The topological polar surface area (TPSA) is 29.5 Å². The Labute approximate surface area is 132 Å². The Morgan fingerprint density at radius 3 is 2.70 bits per heavy atom. The van der Waals surface area contributed by atoms with Crippen molar-refractivity contribution < 1.29 is 9.84 Å². The fraction of sp³-hybridized carbons (Fsp3) is 0.250. The predicted molar refractivity (Wildman–Crippen MR) is 85.4 cm³/mol. The van der Waals surface area contributed by atoms with E-state index in [0.29, 0.717) is 17.4 Å². The number of halogens is 2. The molecule has 0 heterocycles. The van der Waals surface area contributed by atoms with Crippen LogP contribution in [0.3, 0.4) is 0 Å². The zero-order chi connectivity index (χ0) is 14.5. The van der Waals surface area contributed by atoms with Crippen molar-refractivity contribution in [3.63, 3.8) is 0 Å². The normalized spacial score (nSPS) is 12.2. The summed E-state index contributed by atoms with van der Waals surface area (Å²) in [4.78, 5) is 0. The van der Waals surface area contributed by atoms with Crippen LogP contribution >= 0.6 is 27.5 Å². The first-order valence-corrected chi connectivity index (χ1v) is 7.64. The number of rotatable bonds is 5. The van der Waals surface area contributed by atoms with Gasteiger partial charge in [0.05, 0.1) is 6.61 Å². The van der Waals surface area contributed by atoms with Crippen LogP contribution < -0.4 is 4.74 Å². The van der Waals surface area contributed by atoms with Gasteiger partial charge in [-0.15, -0.1) is 0 Å². The highest BCUT2D eigenvalue weighted by Gasteiger charge is 2.16. The van der Waals surface area contributed by atoms with Crippen molar-refractivity contribution in [3.05, 3.63) is 63.1 Å². The molecule has 0 aliphatic rings. The molecule has 1 N–H and O–H groups in total. The first-order valence-electron chi connectivity index (χ1n) is 6.47. The van der Waals surface area contributed by atoms with Crippen molar-refractivity contribution in [3.8, 4) is 5.75 Å². The van der Waals surface area contributed by atoms with E-state index in [4.69, 9.17) is 16.3 Å². The lowest BCUT2D eigenvalue weighted by molar-refractivity contribution is 0.210. The zero-order valence-corrected chi connectivity index (χ0v) is 13.5. The zero-order valence-electron chi connectivity index (χ0n) is 11.1. The molecule has 0 bridgehead atoms. The summed E-state index contributed by atoms with van der Waals surface area (Å²) in [5, 5.41) is 11.1. The lowest BCUT2D eigenvalue weighted by atomic mass is 10.0. The molecular weight excluding hydrogens is 340 g/mol. The average Bonchev–Trinajstić information content (AvgIpc) is 2.43. The SMILES string of the molecule is CCCOc1ccccc1C(O)c1cc(Cl)cc(Br)c1. The first kappa shape index (κ1) is 15.4. The van der Waals surface area contributed by atoms with Gasteiger partial charge >= 0.3 is 0 Å². The van der Waals surface area contributed by atoms with E-state index >= 15 is 0 Å². The van der Waals surface area contributed by atoms with E-state index in [2.05, 4.69) is 15.9 Å². The van der Waals surface area contributed by atoms with Crippen molar-refractivity contribution in [2.24, 2.45) is 0 Å². The quantitative estimate of drug-likeness (QED) is 0.820. The second-order valence-corrected chi connectivity index (χ2v) is 5.84. The number of aliphatic hydroxyl groups is 1. The molecule has 0 fully saturated rings.